The maximum absolute atomic E-state index is 12.0. The lowest BCUT2D eigenvalue weighted by atomic mass is 10.2. The molecule has 2 N–H and O–H groups in total. The maximum Gasteiger partial charge on any atom is 0.261 e. The molecule has 1 aromatic carbocycles. The number of carbonyl (C=O) groups excluding carboxylic acids is 2. The number of carbonyl (C=O) groups is 2. The van der Waals surface area contributed by atoms with Crippen molar-refractivity contribution in [2.45, 2.75) is 12.8 Å². The van der Waals surface area contributed by atoms with Gasteiger partial charge in [-0.25, -0.2) is 0 Å². The predicted octanol–water partition coefficient (Wildman–Crippen LogP) is 3.28. The van der Waals surface area contributed by atoms with Gasteiger partial charge in [-0.1, -0.05) is 17.7 Å². The summed E-state index contributed by atoms with van der Waals surface area (Å²) in [6.45, 7) is 0.575. The number of anilines is 1. The maximum atomic E-state index is 12.0. The first-order valence-electron chi connectivity index (χ1n) is 7.34. The molecule has 2 aromatic rings. The van der Waals surface area contributed by atoms with Crippen LogP contribution in [0.2, 0.25) is 5.02 Å². The Morgan fingerprint density at radius 2 is 2.04 bits per heavy atom. The van der Waals surface area contributed by atoms with Gasteiger partial charge in [0.05, 0.1) is 15.6 Å². The van der Waals surface area contributed by atoms with Crippen LogP contribution >= 0.6 is 22.9 Å². The van der Waals surface area contributed by atoms with Crippen LogP contribution in [0, 0.1) is 0 Å². The quantitative estimate of drug-likeness (QED) is 0.769. The van der Waals surface area contributed by atoms with Crippen LogP contribution < -0.4 is 20.1 Å². The molecule has 24 heavy (non-hydrogen) atoms. The fourth-order valence-electron chi connectivity index (χ4n) is 2.17. The molecular formula is C16H15ClN2O4S. The van der Waals surface area contributed by atoms with Crippen molar-refractivity contribution < 1.29 is 19.1 Å². The number of rotatable bonds is 6. The van der Waals surface area contributed by atoms with Crippen molar-refractivity contribution in [1.82, 2.24) is 5.32 Å². The molecule has 2 amide bonds. The van der Waals surface area contributed by atoms with Crippen molar-refractivity contribution in [3.8, 4) is 11.5 Å². The van der Waals surface area contributed by atoms with Gasteiger partial charge in [0.2, 0.25) is 12.7 Å². The highest BCUT2D eigenvalue weighted by atomic mass is 35.5. The van der Waals surface area contributed by atoms with E-state index in [1.807, 2.05) is 11.4 Å². The van der Waals surface area contributed by atoms with Crippen molar-refractivity contribution in [2.24, 2.45) is 0 Å². The third-order valence-electron chi connectivity index (χ3n) is 3.35. The van der Waals surface area contributed by atoms with Crippen LogP contribution in [0.15, 0.2) is 29.6 Å². The van der Waals surface area contributed by atoms with E-state index in [0.29, 0.717) is 40.1 Å². The molecule has 0 unspecified atom stereocenters. The second-order valence-electron chi connectivity index (χ2n) is 5.07. The van der Waals surface area contributed by atoms with E-state index in [9.17, 15) is 9.59 Å². The highest BCUT2D eigenvalue weighted by Gasteiger charge is 2.17. The van der Waals surface area contributed by atoms with Gasteiger partial charge >= 0.3 is 0 Å². The summed E-state index contributed by atoms with van der Waals surface area (Å²) in [7, 11) is 0. The summed E-state index contributed by atoms with van der Waals surface area (Å²) < 4.78 is 10.5. The molecule has 0 radical (unpaired) electrons. The molecular weight excluding hydrogens is 352 g/mol. The third kappa shape index (κ3) is 3.98. The van der Waals surface area contributed by atoms with Crippen LogP contribution in [-0.2, 0) is 4.79 Å². The Morgan fingerprint density at radius 1 is 1.25 bits per heavy atom. The lowest BCUT2D eigenvalue weighted by Crippen LogP contribution is -2.24. The average Bonchev–Trinajstić information content (AvgIpc) is 3.23. The summed E-state index contributed by atoms with van der Waals surface area (Å²) in [5.74, 6) is 0.817. The minimum atomic E-state index is -0.180. The van der Waals surface area contributed by atoms with Gasteiger partial charge in [-0.2, -0.15) is 0 Å². The van der Waals surface area contributed by atoms with Crippen LogP contribution in [0.25, 0.3) is 0 Å². The molecule has 1 aliphatic rings. The normalized spacial score (nSPS) is 12.0. The smallest absolute Gasteiger partial charge is 0.261 e. The van der Waals surface area contributed by atoms with Crippen molar-refractivity contribution in [3.63, 3.8) is 0 Å². The molecule has 0 saturated heterocycles. The van der Waals surface area contributed by atoms with Gasteiger partial charge in [0.1, 0.15) is 0 Å². The highest BCUT2D eigenvalue weighted by Crippen LogP contribution is 2.39. The lowest BCUT2D eigenvalue weighted by molar-refractivity contribution is -0.116. The summed E-state index contributed by atoms with van der Waals surface area (Å²) in [6, 6.07) is 6.83. The van der Waals surface area contributed by atoms with E-state index in [2.05, 4.69) is 10.6 Å². The number of fused-ring (bicyclic) bond motifs is 1. The second-order valence-corrected chi connectivity index (χ2v) is 6.43. The van der Waals surface area contributed by atoms with Crippen LogP contribution in [0.4, 0.5) is 5.69 Å². The van der Waals surface area contributed by atoms with Crippen LogP contribution in [0.5, 0.6) is 11.5 Å². The van der Waals surface area contributed by atoms with Gasteiger partial charge in [-0.3, -0.25) is 9.59 Å². The summed E-state index contributed by atoms with van der Waals surface area (Å²) in [5, 5.41) is 7.75. The number of benzene rings is 1. The van der Waals surface area contributed by atoms with E-state index in [-0.39, 0.29) is 25.0 Å². The van der Waals surface area contributed by atoms with E-state index >= 15 is 0 Å². The third-order valence-corrected chi connectivity index (χ3v) is 4.53. The van der Waals surface area contributed by atoms with Crippen molar-refractivity contribution >= 4 is 40.4 Å². The van der Waals surface area contributed by atoms with Gasteiger partial charge in [-0.05, 0) is 17.9 Å². The second kappa shape index (κ2) is 7.55. The Morgan fingerprint density at radius 3 is 2.79 bits per heavy atom. The van der Waals surface area contributed by atoms with Gasteiger partial charge in [0.15, 0.2) is 11.5 Å². The van der Waals surface area contributed by atoms with Gasteiger partial charge in [-0.15, -0.1) is 11.3 Å². The highest BCUT2D eigenvalue weighted by molar-refractivity contribution is 7.12. The molecule has 126 valence electrons. The summed E-state index contributed by atoms with van der Waals surface area (Å²) in [5.41, 5.74) is 0.480. The minimum absolute atomic E-state index is 0.121. The zero-order valence-electron chi connectivity index (χ0n) is 12.6. The van der Waals surface area contributed by atoms with Gasteiger partial charge in [0.25, 0.3) is 5.91 Å². The first-order chi connectivity index (χ1) is 11.6. The molecule has 0 fully saturated rings. The number of thiophene rings is 1. The molecule has 6 nitrogen and oxygen atoms in total. The van der Waals surface area contributed by atoms with Crippen molar-refractivity contribution in [2.75, 3.05) is 18.7 Å². The Hall–Kier alpha value is -2.25. The van der Waals surface area contributed by atoms with Gasteiger partial charge < -0.3 is 20.1 Å². The standard InChI is InChI=1S/C16H15ClN2O4S/c17-10-7-12-13(23-9-22-12)8-11(10)19-15(20)4-1-5-18-16(21)14-3-2-6-24-14/h2-3,6-8H,1,4-5,9H2,(H,18,21)(H,19,20). The zero-order valence-corrected chi connectivity index (χ0v) is 14.2. The fourth-order valence-corrected chi connectivity index (χ4v) is 3.01. The molecule has 1 aromatic heterocycles. The molecule has 8 heteroatoms. The summed E-state index contributed by atoms with van der Waals surface area (Å²) in [4.78, 5) is 24.4. The van der Waals surface area contributed by atoms with Crippen LogP contribution in [-0.4, -0.2) is 25.2 Å². The first-order valence-corrected chi connectivity index (χ1v) is 8.60. The summed E-state index contributed by atoms with van der Waals surface area (Å²) in [6.07, 6.45) is 0.806. The first kappa shape index (κ1) is 16.6. The monoisotopic (exact) mass is 366 g/mol. The minimum Gasteiger partial charge on any atom is -0.454 e. The molecule has 0 aliphatic carbocycles. The molecule has 1 aliphatic heterocycles. The van der Waals surface area contributed by atoms with Crippen LogP contribution in [0.3, 0.4) is 0 Å². The molecule has 2 heterocycles. The van der Waals surface area contributed by atoms with E-state index in [0.717, 1.165) is 0 Å². The number of halogens is 1. The fraction of sp³-hybridized carbons (Fsp3) is 0.250. The topological polar surface area (TPSA) is 76.7 Å². The molecule has 0 spiro atoms. The SMILES string of the molecule is O=C(CCCNC(=O)c1cccs1)Nc1cc2c(cc1Cl)OCO2. The van der Waals surface area contributed by atoms with E-state index in [1.54, 1.807) is 18.2 Å². The largest absolute Gasteiger partial charge is 0.454 e. The average molecular weight is 367 g/mol. The lowest BCUT2D eigenvalue weighted by Gasteiger charge is -2.09. The molecule has 0 bridgehead atoms. The van der Waals surface area contributed by atoms with E-state index in [4.69, 9.17) is 21.1 Å². The molecule has 3 rings (SSSR count). The van der Waals surface area contributed by atoms with Crippen LogP contribution in [0.1, 0.15) is 22.5 Å². The number of hydrogen-bond donors (Lipinski definition) is 2. The number of amides is 2. The summed E-state index contributed by atoms with van der Waals surface area (Å²) >= 11 is 7.49. The molecule has 0 saturated carbocycles. The Balaban J connectivity index is 1.44. The predicted molar refractivity (Wildman–Crippen MR) is 92.1 cm³/mol. The Bertz CT molecular complexity index is 749. The number of ether oxygens (including phenoxy) is 2. The van der Waals surface area contributed by atoms with Crippen molar-refractivity contribution in [1.29, 1.82) is 0 Å². The molecule has 0 atom stereocenters. The Labute approximate surface area is 147 Å². The zero-order chi connectivity index (χ0) is 16.9. The van der Waals surface area contributed by atoms with Crippen molar-refractivity contribution in [3.05, 3.63) is 39.5 Å². The number of nitrogens with one attached hydrogen (secondary N) is 2. The van der Waals surface area contributed by atoms with E-state index in [1.165, 1.54) is 11.3 Å². The number of hydrogen-bond acceptors (Lipinski definition) is 5. The van der Waals surface area contributed by atoms with Gasteiger partial charge in [0, 0.05) is 25.1 Å². The van der Waals surface area contributed by atoms with E-state index < -0.39 is 0 Å². The Kier molecular flexibility index (Phi) is 5.22.